The van der Waals surface area contributed by atoms with Crippen molar-refractivity contribution in [2.24, 2.45) is 20.5 Å². The quantitative estimate of drug-likeness (QED) is 0.0268. The average molecular weight is 1220 g/mol. The highest BCUT2D eigenvalue weighted by Gasteiger charge is 2.30. The van der Waals surface area contributed by atoms with Gasteiger partial charge in [-0.05, 0) is 66.0 Å². The first-order valence-electron chi connectivity index (χ1n) is 20.3. The molecule has 1 aromatic heterocycles. The molecule has 0 radical (unpaired) electrons. The van der Waals surface area contributed by atoms with Crippen molar-refractivity contribution >= 4 is 133 Å². The first kappa shape index (κ1) is 59.3. The number of aliphatic hydroxyl groups excluding tert-OH is 1. The van der Waals surface area contributed by atoms with E-state index in [0.29, 0.717) is 36.4 Å². The summed E-state index contributed by atoms with van der Waals surface area (Å²) in [5.41, 5.74) is 0.691. The van der Waals surface area contributed by atoms with E-state index in [1.54, 1.807) is 18.2 Å². The van der Waals surface area contributed by atoms with Crippen LogP contribution < -0.4 is 16.0 Å². The molecule has 40 heteroatoms. The number of nitrogen functional groups attached to an aromatic ring is 1. The highest BCUT2D eigenvalue weighted by Crippen LogP contribution is 2.49. The Bertz CT molecular complexity index is 4240. The van der Waals surface area contributed by atoms with Crippen LogP contribution in [0.2, 0.25) is 0 Å². The van der Waals surface area contributed by atoms with Crippen molar-refractivity contribution in [2.45, 2.75) is 24.5 Å². The van der Waals surface area contributed by atoms with E-state index in [-0.39, 0.29) is 17.9 Å². The molecule has 10 N–H and O–H groups in total. The predicted molar refractivity (Wildman–Crippen MR) is 262 cm³/mol. The molecular weight excluding hydrogens is 1180 g/mol. The predicted octanol–water partition coefficient (Wildman–Crippen LogP) is 3.15. The lowest BCUT2D eigenvalue weighted by atomic mass is 10.1. The number of fused-ring (bicyclic) bond motifs is 1. The van der Waals surface area contributed by atoms with E-state index in [1.165, 1.54) is 17.0 Å². The van der Waals surface area contributed by atoms with Gasteiger partial charge in [0.15, 0.2) is 25.4 Å². The molecule has 32 nitrogen and oxygen atoms in total. The Morgan fingerprint density at radius 3 is 1.79 bits per heavy atom. The molecule has 0 aliphatic carbocycles. The molecule has 0 unspecified atom stereocenters. The Morgan fingerprint density at radius 1 is 0.623 bits per heavy atom. The van der Waals surface area contributed by atoms with Gasteiger partial charge in [0.1, 0.15) is 42.3 Å². The van der Waals surface area contributed by atoms with E-state index in [0.717, 1.165) is 12.1 Å². The molecule has 1 heterocycles. The maximum absolute atomic E-state index is 15.1. The Morgan fingerprint density at radius 2 is 1.21 bits per heavy atom. The minimum absolute atomic E-state index is 0.271. The maximum atomic E-state index is 15.1. The average Bonchev–Trinajstić information content (AvgIpc) is 3.29. The summed E-state index contributed by atoms with van der Waals surface area (Å²) >= 11 is 0. The fraction of sp³-hybridized carbons (Fsp3) is 0.162. The summed E-state index contributed by atoms with van der Waals surface area (Å²) in [7, 11) is -35.6. The molecule has 0 saturated heterocycles. The summed E-state index contributed by atoms with van der Waals surface area (Å²) in [5, 5.41) is 35.9. The molecule has 0 bridgehead atoms. The zero-order chi connectivity index (χ0) is 57.3. The second kappa shape index (κ2) is 22.2. The van der Waals surface area contributed by atoms with Crippen LogP contribution in [0.25, 0.3) is 10.8 Å². The maximum Gasteiger partial charge on any atom is 0.397 e. The lowest BCUT2D eigenvalue weighted by Crippen LogP contribution is -2.29. The van der Waals surface area contributed by atoms with Gasteiger partial charge in [-0.1, -0.05) is 18.2 Å². The number of nitrogens with two attached hydrogens (primary N) is 1. The van der Waals surface area contributed by atoms with Crippen LogP contribution in [0.15, 0.2) is 124 Å². The van der Waals surface area contributed by atoms with E-state index in [9.17, 15) is 87.3 Å². The number of rotatable bonds is 22. The van der Waals surface area contributed by atoms with Crippen molar-refractivity contribution in [2.75, 3.05) is 53.0 Å². The number of aliphatic hydroxyl groups is 1. The number of phenolic OH excluding ortho intramolecular Hbond substituents is 1. The second-order valence-electron chi connectivity index (χ2n) is 15.2. The van der Waals surface area contributed by atoms with Gasteiger partial charge in [-0.15, -0.1) is 20.5 Å². The normalized spacial score (nSPS) is 13.2. The summed E-state index contributed by atoms with van der Waals surface area (Å²) in [6, 6.07) is 12.5. The van der Waals surface area contributed by atoms with Crippen molar-refractivity contribution in [1.82, 2.24) is 15.0 Å². The third-order valence-corrected chi connectivity index (χ3v) is 17.2. The van der Waals surface area contributed by atoms with Crippen molar-refractivity contribution in [3.05, 3.63) is 84.9 Å². The number of nitrogens with one attached hydrogen (secondary N) is 1. The SMILES string of the molecule is Nc1c(N=Nc2ccc(S(=O)(=O)CCOS(=O)(=O)O)cc2S(=O)(=O)O)c(S(=O)(=O)O)cc2cc(S(=O)(=O)O)c(N=Nc3cc(Nc4nc(F)nc(N(CCS(=O)(=O)CCO)c5ccccc5)n4)ccc3S(=O)(=O)O)c(O)c12. The first-order chi connectivity index (χ1) is 35.5. The number of halogens is 1. The van der Waals surface area contributed by atoms with Gasteiger partial charge in [0.25, 0.3) is 40.5 Å². The molecule has 0 amide bonds. The number of aromatic hydroxyl groups is 1. The molecule has 6 aromatic rings. The molecule has 0 saturated carbocycles. The molecular formula is C37H35FN10O22S7. The fourth-order valence-electron chi connectivity index (χ4n) is 6.62. The van der Waals surface area contributed by atoms with Gasteiger partial charge in [0.05, 0.1) is 46.4 Å². The second-order valence-corrected chi connectivity index (χ2v) is 26.3. The summed E-state index contributed by atoms with van der Waals surface area (Å²) in [6.07, 6.45) is -1.43. The number of anilines is 5. The van der Waals surface area contributed by atoms with Crippen LogP contribution >= 0.6 is 0 Å². The number of sulfone groups is 2. The summed E-state index contributed by atoms with van der Waals surface area (Å²) in [4.78, 5) is 6.38. The molecule has 0 aliphatic rings. The van der Waals surface area contributed by atoms with Crippen LogP contribution in [0.4, 0.5) is 56.1 Å². The van der Waals surface area contributed by atoms with Crippen LogP contribution in [0, 0.1) is 6.08 Å². The minimum atomic E-state index is -5.62. The summed E-state index contributed by atoms with van der Waals surface area (Å²) in [6.45, 7) is -2.23. The first-order valence-corrected chi connectivity index (χ1v) is 30.9. The number of aromatic nitrogens is 3. The minimum Gasteiger partial charge on any atom is -0.505 e. The molecule has 77 heavy (non-hydrogen) atoms. The van der Waals surface area contributed by atoms with E-state index in [4.69, 9.17) is 10.3 Å². The van der Waals surface area contributed by atoms with Gasteiger partial charge in [-0.2, -0.15) is 61.4 Å². The number of hydrogen-bond acceptors (Lipinski definition) is 27. The van der Waals surface area contributed by atoms with Crippen LogP contribution in [-0.2, 0) is 74.7 Å². The van der Waals surface area contributed by atoms with E-state index in [1.807, 2.05) is 0 Å². The van der Waals surface area contributed by atoms with Crippen molar-refractivity contribution in [3.8, 4) is 5.75 Å². The number of azo groups is 2. The van der Waals surface area contributed by atoms with Crippen LogP contribution in [0.5, 0.6) is 5.75 Å². The molecule has 0 spiro atoms. The van der Waals surface area contributed by atoms with E-state index in [2.05, 4.69) is 44.9 Å². The van der Waals surface area contributed by atoms with Crippen LogP contribution in [-0.4, -0.2) is 144 Å². The van der Waals surface area contributed by atoms with Crippen LogP contribution in [0.1, 0.15) is 0 Å². The standard InChI is InChI=1S/C37H35FN10O22S7/c38-35-41-36(43-37(42-35)48(22-4-2-1-3-5-22)10-13-71(51,52)14-11-49)40-21-6-9-26(73(55,56)57)25(18-21)45-47-33-29(76(64,65)66)17-20-16-28(75(61,62)63)32(31(39)30(20)34(33)50)46-44-24-8-7-23(19-27(24)74(58,59)60)72(53,54)15-12-70-77(67,68)69/h1-9,16-19,49-50H,10-15,39H2,(H,55,56,57)(H,58,59,60)(H,61,62,63)(H,64,65,66)(H,67,68,69)(H,40,41,42,43). The third kappa shape index (κ3) is 14.8. The Kier molecular flexibility index (Phi) is 17.1. The smallest absolute Gasteiger partial charge is 0.397 e. The zero-order valence-corrected chi connectivity index (χ0v) is 43.6. The van der Waals surface area contributed by atoms with Gasteiger partial charge < -0.3 is 26.2 Å². The van der Waals surface area contributed by atoms with E-state index >= 15 is 4.39 Å². The van der Waals surface area contributed by atoms with Gasteiger partial charge in [-0.3, -0.25) is 22.8 Å². The van der Waals surface area contributed by atoms with Gasteiger partial charge in [0, 0.05) is 17.9 Å². The molecule has 6 rings (SSSR count). The molecule has 414 valence electrons. The molecule has 0 fully saturated rings. The molecule has 0 atom stereocenters. The van der Waals surface area contributed by atoms with Crippen LogP contribution in [0.3, 0.4) is 0 Å². The number of benzene rings is 5. The third-order valence-electron chi connectivity index (χ3n) is 9.96. The number of para-hydroxylation sites is 1. The largest absolute Gasteiger partial charge is 0.505 e. The van der Waals surface area contributed by atoms with Crippen molar-refractivity contribution in [3.63, 3.8) is 0 Å². The van der Waals surface area contributed by atoms with Crippen molar-refractivity contribution < 1.29 is 100 Å². The lowest BCUT2D eigenvalue weighted by Gasteiger charge is -2.23. The Balaban J connectivity index is 1.47. The highest BCUT2D eigenvalue weighted by atomic mass is 32.3. The Hall–Kier alpha value is -6.93. The Labute approximate surface area is 434 Å². The van der Waals surface area contributed by atoms with E-state index < -0.39 is 188 Å². The zero-order valence-electron chi connectivity index (χ0n) is 37.9. The van der Waals surface area contributed by atoms with Gasteiger partial charge in [-0.25, -0.2) is 21.0 Å². The lowest BCUT2D eigenvalue weighted by molar-refractivity contribution is 0.283. The number of hydrogen-bond donors (Lipinski definition) is 9. The van der Waals surface area contributed by atoms with Gasteiger partial charge in [0.2, 0.25) is 11.9 Å². The highest BCUT2D eigenvalue weighted by molar-refractivity contribution is 7.92. The summed E-state index contributed by atoms with van der Waals surface area (Å²) in [5.74, 6) is -4.88. The molecule has 0 aliphatic heterocycles. The number of nitrogens with zero attached hydrogens (tertiary/aromatic N) is 8. The monoisotopic (exact) mass is 1210 g/mol. The molecule has 5 aromatic carbocycles. The fourth-order valence-corrected chi connectivity index (χ4v) is 11.7. The number of phenols is 1. The summed E-state index contributed by atoms with van der Waals surface area (Å²) < 4.78 is 241. The van der Waals surface area contributed by atoms with Crippen molar-refractivity contribution in [1.29, 1.82) is 0 Å². The topological polar surface area (TPSA) is 519 Å². The van der Waals surface area contributed by atoms with Gasteiger partial charge >= 0.3 is 16.5 Å².